The molecule has 26 heavy (non-hydrogen) atoms. The number of carbonyl (C=O) groups excluding carboxylic acids is 1. The Labute approximate surface area is 150 Å². The van der Waals surface area contributed by atoms with Crippen molar-refractivity contribution in [2.75, 3.05) is 6.61 Å². The Morgan fingerprint density at radius 1 is 1.12 bits per heavy atom. The van der Waals surface area contributed by atoms with Crippen molar-refractivity contribution in [2.45, 2.75) is 19.4 Å². The molecule has 134 valence electrons. The number of rotatable bonds is 4. The molecule has 3 rings (SSSR count). The first-order chi connectivity index (χ1) is 12.4. The van der Waals surface area contributed by atoms with Gasteiger partial charge in [-0.25, -0.2) is 4.79 Å². The molecule has 0 bridgehead atoms. The topological polar surface area (TPSA) is 99.4 Å². The first-order valence-corrected chi connectivity index (χ1v) is 8.17. The summed E-state index contributed by atoms with van der Waals surface area (Å²) in [5.74, 6) is -1.35. The molecule has 3 N–H and O–H groups in total. The highest BCUT2D eigenvalue weighted by molar-refractivity contribution is 6.28. The average Bonchev–Trinajstić information content (AvgIpc) is 2.88. The molecule has 2 aromatic carbocycles. The second kappa shape index (κ2) is 6.55. The summed E-state index contributed by atoms with van der Waals surface area (Å²) in [4.78, 5) is 17.0. The number of esters is 1. The Kier molecular flexibility index (Phi) is 4.42. The van der Waals surface area contributed by atoms with Gasteiger partial charge in [0, 0.05) is 17.2 Å². The van der Waals surface area contributed by atoms with Crippen molar-refractivity contribution in [1.29, 1.82) is 0 Å². The summed E-state index contributed by atoms with van der Waals surface area (Å²) in [6.45, 7) is 3.41. The highest BCUT2D eigenvalue weighted by Gasteiger charge is 2.45. The number of aromatic hydroxyl groups is 2. The van der Waals surface area contributed by atoms with Gasteiger partial charge in [0.1, 0.15) is 28.4 Å². The van der Waals surface area contributed by atoms with Gasteiger partial charge in [-0.05, 0) is 26.0 Å². The van der Waals surface area contributed by atoms with Crippen LogP contribution in [0.4, 0.5) is 0 Å². The Morgan fingerprint density at radius 2 is 1.81 bits per heavy atom. The van der Waals surface area contributed by atoms with Crippen molar-refractivity contribution in [1.82, 2.24) is 0 Å². The number of phenols is 2. The van der Waals surface area contributed by atoms with Crippen molar-refractivity contribution in [3.8, 4) is 11.5 Å². The third-order valence-electron chi connectivity index (χ3n) is 4.30. The molecular formula is C20H19NO5. The second-order valence-electron chi connectivity index (χ2n) is 6.04. The number of nitrogens with zero attached hydrogens (tertiary/aromatic N) is 1. The van der Waals surface area contributed by atoms with Crippen LogP contribution in [-0.2, 0) is 15.1 Å². The SMILES string of the molecule is CCOC(=O)C1=C(O)C(C)(c2ccc(O)cc2O)N=C1c1ccccc1. The molecule has 1 aliphatic rings. The minimum atomic E-state index is -1.38. The van der Waals surface area contributed by atoms with Crippen LogP contribution < -0.4 is 0 Å². The Balaban J connectivity index is 2.23. The van der Waals surface area contributed by atoms with E-state index in [9.17, 15) is 20.1 Å². The molecule has 1 atom stereocenters. The lowest BCUT2D eigenvalue weighted by Crippen LogP contribution is -2.21. The summed E-state index contributed by atoms with van der Waals surface area (Å²) < 4.78 is 5.09. The first kappa shape index (κ1) is 17.5. The molecule has 0 radical (unpaired) electrons. The van der Waals surface area contributed by atoms with Crippen LogP contribution in [0.25, 0.3) is 0 Å². The molecule has 0 amide bonds. The molecule has 0 saturated carbocycles. The molecule has 0 aliphatic carbocycles. The van der Waals surface area contributed by atoms with Crippen molar-refractivity contribution < 1.29 is 24.9 Å². The van der Waals surface area contributed by atoms with Crippen molar-refractivity contribution in [2.24, 2.45) is 4.99 Å². The Morgan fingerprint density at radius 3 is 2.42 bits per heavy atom. The summed E-state index contributed by atoms with van der Waals surface area (Å²) in [5.41, 5.74) is -0.223. The van der Waals surface area contributed by atoms with E-state index in [2.05, 4.69) is 4.99 Å². The van der Waals surface area contributed by atoms with Gasteiger partial charge in [-0.15, -0.1) is 0 Å². The molecule has 0 spiro atoms. The summed E-state index contributed by atoms with van der Waals surface area (Å²) in [6.07, 6.45) is 0. The average molecular weight is 353 g/mol. The standard InChI is InChI=1S/C20H19NO5/c1-3-26-19(25)16-17(12-7-5-4-6-8-12)21-20(2,18(16)24)14-10-9-13(22)11-15(14)23/h4-11,22-24H,3H2,1-2H3. The van der Waals surface area contributed by atoms with E-state index in [4.69, 9.17) is 4.74 Å². The number of ether oxygens (including phenoxy) is 1. The predicted octanol–water partition coefficient (Wildman–Crippen LogP) is 3.19. The van der Waals surface area contributed by atoms with Crippen molar-refractivity contribution in [3.63, 3.8) is 0 Å². The number of aliphatic hydroxyl groups excluding tert-OH is 1. The lowest BCUT2D eigenvalue weighted by Gasteiger charge is -2.23. The lowest BCUT2D eigenvalue weighted by molar-refractivity contribution is -0.138. The first-order valence-electron chi connectivity index (χ1n) is 8.17. The third kappa shape index (κ3) is 2.79. The number of phenolic OH excluding ortho intramolecular Hbond substituents is 2. The normalized spacial score (nSPS) is 19.4. The maximum atomic E-state index is 12.5. The molecule has 0 fully saturated rings. The van der Waals surface area contributed by atoms with Crippen LogP contribution in [0.15, 0.2) is 64.9 Å². The van der Waals surface area contributed by atoms with E-state index in [-0.39, 0.29) is 40.7 Å². The van der Waals surface area contributed by atoms with Gasteiger partial charge in [-0.1, -0.05) is 30.3 Å². The van der Waals surface area contributed by atoms with Gasteiger partial charge in [0.2, 0.25) is 0 Å². The maximum absolute atomic E-state index is 12.5. The van der Waals surface area contributed by atoms with Crippen LogP contribution in [0.3, 0.4) is 0 Å². The van der Waals surface area contributed by atoms with Gasteiger partial charge < -0.3 is 20.1 Å². The fraction of sp³-hybridized carbons (Fsp3) is 0.200. The van der Waals surface area contributed by atoms with Crippen molar-refractivity contribution >= 4 is 11.7 Å². The fourth-order valence-electron chi connectivity index (χ4n) is 3.01. The molecule has 2 aromatic rings. The number of hydrogen-bond acceptors (Lipinski definition) is 6. The Hall–Kier alpha value is -3.28. The number of aliphatic imine (C=N–C) groups is 1. The highest BCUT2D eigenvalue weighted by atomic mass is 16.5. The van der Waals surface area contributed by atoms with Crippen LogP contribution in [0.1, 0.15) is 25.0 Å². The van der Waals surface area contributed by atoms with Gasteiger partial charge in [0.05, 0.1) is 12.3 Å². The van der Waals surface area contributed by atoms with E-state index in [0.717, 1.165) is 6.07 Å². The van der Waals surface area contributed by atoms with Gasteiger partial charge >= 0.3 is 5.97 Å². The van der Waals surface area contributed by atoms with Crippen LogP contribution in [0.2, 0.25) is 0 Å². The molecular weight excluding hydrogens is 334 g/mol. The zero-order valence-corrected chi connectivity index (χ0v) is 14.4. The van der Waals surface area contributed by atoms with Crippen LogP contribution in [0.5, 0.6) is 11.5 Å². The lowest BCUT2D eigenvalue weighted by atomic mass is 9.89. The molecule has 0 saturated heterocycles. The van der Waals surface area contributed by atoms with E-state index in [1.165, 1.54) is 12.1 Å². The van der Waals surface area contributed by atoms with Crippen LogP contribution in [-0.4, -0.2) is 33.6 Å². The quantitative estimate of drug-likeness (QED) is 0.733. The highest BCUT2D eigenvalue weighted by Crippen LogP contribution is 2.44. The molecule has 0 aromatic heterocycles. The summed E-state index contributed by atoms with van der Waals surface area (Å²) in [5, 5.41) is 30.6. The summed E-state index contributed by atoms with van der Waals surface area (Å²) >= 11 is 0. The number of aliphatic hydroxyl groups is 1. The summed E-state index contributed by atoms with van der Waals surface area (Å²) in [7, 11) is 0. The van der Waals surface area contributed by atoms with Crippen LogP contribution in [0, 0.1) is 0 Å². The van der Waals surface area contributed by atoms with Gasteiger partial charge in [0.25, 0.3) is 0 Å². The minimum absolute atomic E-state index is 0.0342. The molecule has 1 aliphatic heterocycles. The largest absolute Gasteiger partial charge is 0.508 e. The van der Waals surface area contributed by atoms with E-state index in [1.807, 2.05) is 6.07 Å². The fourth-order valence-corrected chi connectivity index (χ4v) is 3.01. The van der Waals surface area contributed by atoms with Crippen LogP contribution >= 0.6 is 0 Å². The molecule has 1 unspecified atom stereocenters. The second-order valence-corrected chi connectivity index (χ2v) is 6.04. The van der Waals surface area contributed by atoms with E-state index < -0.39 is 11.5 Å². The van der Waals surface area contributed by atoms with Crippen molar-refractivity contribution in [3.05, 3.63) is 71.0 Å². The van der Waals surface area contributed by atoms with E-state index in [0.29, 0.717) is 5.56 Å². The maximum Gasteiger partial charge on any atom is 0.343 e. The number of carbonyl (C=O) groups is 1. The van der Waals surface area contributed by atoms with Gasteiger partial charge in [0.15, 0.2) is 0 Å². The zero-order chi connectivity index (χ0) is 18.9. The molecule has 1 heterocycles. The minimum Gasteiger partial charge on any atom is -0.508 e. The zero-order valence-electron chi connectivity index (χ0n) is 14.4. The smallest absolute Gasteiger partial charge is 0.343 e. The number of hydrogen-bond donors (Lipinski definition) is 3. The predicted molar refractivity (Wildman–Crippen MR) is 96.4 cm³/mol. The third-order valence-corrected chi connectivity index (χ3v) is 4.30. The summed E-state index contributed by atoms with van der Waals surface area (Å²) in [6, 6.07) is 13.0. The Bertz CT molecular complexity index is 917. The van der Waals surface area contributed by atoms with Gasteiger partial charge in [-0.3, -0.25) is 4.99 Å². The number of benzene rings is 2. The molecule has 6 nitrogen and oxygen atoms in total. The van der Waals surface area contributed by atoms with E-state index >= 15 is 0 Å². The van der Waals surface area contributed by atoms with Gasteiger partial charge in [-0.2, -0.15) is 0 Å². The monoisotopic (exact) mass is 353 g/mol. The van der Waals surface area contributed by atoms with E-state index in [1.54, 1.807) is 38.1 Å². The molecule has 6 heteroatoms.